The van der Waals surface area contributed by atoms with Crippen molar-refractivity contribution in [3.05, 3.63) is 59.7 Å². The SMILES string of the molecule is CCCCOc1c(F)cc(C(O)CN2C[C@H]3C[C@H](Oc4ccccc4)[C@H](O)[C@@]3(O)C2)cc1F. The van der Waals surface area contributed by atoms with Crippen LogP contribution in [-0.2, 0) is 0 Å². The summed E-state index contributed by atoms with van der Waals surface area (Å²) in [6, 6.07) is 11.3. The predicted molar refractivity (Wildman–Crippen MR) is 118 cm³/mol. The third kappa shape index (κ3) is 4.99. The number of rotatable bonds is 9. The molecule has 5 atom stereocenters. The van der Waals surface area contributed by atoms with E-state index in [1.54, 1.807) is 17.0 Å². The maximum Gasteiger partial charge on any atom is 0.190 e. The Kier molecular flexibility index (Phi) is 7.19. The minimum atomic E-state index is -1.37. The molecule has 0 aromatic heterocycles. The second-order valence-corrected chi connectivity index (χ2v) is 9.06. The molecule has 2 aromatic rings. The molecule has 1 aliphatic heterocycles. The van der Waals surface area contributed by atoms with Crippen LogP contribution in [0.5, 0.6) is 11.5 Å². The molecule has 1 heterocycles. The zero-order chi connectivity index (χ0) is 23.6. The first-order valence-corrected chi connectivity index (χ1v) is 11.5. The molecule has 2 aromatic carbocycles. The van der Waals surface area contributed by atoms with Crippen molar-refractivity contribution in [3.63, 3.8) is 0 Å². The summed E-state index contributed by atoms with van der Waals surface area (Å²) in [5.74, 6) is -1.75. The van der Waals surface area contributed by atoms with Gasteiger partial charge in [0.2, 0.25) is 0 Å². The van der Waals surface area contributed by atoms with Crippen molar-refractivity contribution in [2.45, 2.75) is 50.1 Å². The van der Waals surface area contributed by atoms with Crippen LogP contribution < -0.4 is 9.47 Å². The highest BCUT2D eigenvalue weighted by atomic mass is 19.1. The fourth-order valence-corrected chi connectivity index (χ4v) is 4.87. The van der Waals surface area contributed by atoms with Crippen molar-refractivity contribution in [2.75, 3.05) is 26.2 Å². The lowest BCUT2D eigenvalue weighted by Crippen LogP contribution is -2.49. The van der Waals surface area contributed by atoms with E-state index in [2.05, 4.69) is 0 Å². The Balaban J connectivity index is 1.37. The molecule has 1 unspecified atom stereocenters. The molecule has 33 heavy (non-hydrogen) atoms. The van der Waals surface area contributed by atoms with Crippen LogP contribution in [0.3, 0.4) is 0 Å². The van der Waals surface area contributed by atoms with Crippen LogP contribution in [0.1, 0.15) is 37.9 Å². The van der Waals surface area contributed by atoms with Crippen LogP contribution in [0, 0.1) is 17.6 Å². The highest BCUT2D eigenvalue weighted by Crippen LogP contribution is 2.43. The number of ether oxygens (including phenoxy) is 2. The Morgan fingerprint density at radius 1 is 1.18 bits per heavy atom. The second kappa shape index (κ2) is 9.93. The first-order valence-electron chi connectivity index (χ1n) is 11.5. The largest absolute Gasteiger partial charge is 0.488 e. The van der Waals surface area contributed by atoms with Gasteiger partial charge in [0.15, 0.2) is 17.4 Å². The molecule has 3 N–H and O–H groups in total. The highest BCUT2D eigenvalue weighted by Gasteiger charge is 2.59. The van der Waals surface area contributed by atoms with Crippen molar-refractivity contribution in [2.24, 2.45) is 5.92 Å². The number of likely N-dealkylation sites (tertiary alicyclic amines) is 1. The Labute approximate surface area is 192 Å². The second-order valence-electron chi connectivity index (χ2n) is 9.06. The molecule has 6 nitrogen and oxygen atoms in total. The number of halogens is 2. The fraction of sp³-hybridized carbons (Fsp3) is 0.520. The van der Waals surface area contributed by atoms with Crippen molar-refractivity contribution in [1.82, 2.24) is 4.90 Å². The summed E-state index contributed by atoms with van der Waals surface area (Å²) < 4.78 is 39.8. The van der Waals surface area contributed by atoms with Crippen LogP contribution in [0.15, 0.2) is 42.5 Å². The van der Waals surface area contributed by atoms with Gasteiger partial charge in [-0.05, 0) is 42.7 Å². The molecule has 2 fully saturated rings. The zero-order valence-electron chi connectivity index (χ0n) is 18.7. The van der Waals surface area contributed by atoms with Gasteiger partial charge < -0.3 is 24.8 Å². The van der Waals surface area contributed by atoms with Gasteiger partial charge >= 0.3 is 0 Å². The summed E-state index contributed by atoms with van der Waals surface area (Å²) in [5, 5.41) is 32.5. The Morgan fingerprint density at radius 3 is 2.52 bits per heavy atom. The van der Waals surface area contributed by atoms with E-state index >= 15 is 0 Å². The summed E-state index contributed by atoms with van der Waals surface area (Å²) in [7, 11) is 0. The molecule has 1 saturated carbocycles. The van der Waals surface area contributed by atoms with E-state index in [9.17, 15) is 24.1 Å². The summed E-state index contributed by atoms with van der Waals surface area (Å²) in [6.07, 6.45) is -0.777. The van der Waals surface area contributed by atoms with Crippen LogP contribution >= 0.6 is 0 Å². The van der Waals surface area contributed by atoms with E-state index in [-0.39, 0.29) is 31.2 Å². The van der Waals surface area contributed by atoms with Gasteiger partial charge in [-0.2, -0.15) is 0 Å². The van der Waals surface area contributed by atoms with Crippen molar-refractivity contribution in [1.29, 1.82) is 0 Å². The van der Waals surface area contributed by atoms with Crippen LogP contribution in [0.2, 0.25) is 0 Å². The van der Waals surface area contributed by atoms with Crippen LogP contribution in [0.4, 0.5) is 8.78 Å². The van der Waals surface area contributed by atoms with Crippen molar-refractivity contribution in [3.8, 4) is 11.5 Å². The third-order valence-corrected chi connectivity index (χ3v) is 6.66. The molecular weight excluding hydrogens is 432 g/mol. The molecule has 2 aliphatic rings. The minimum Gasteiger partial charge on any atom is -0.488 e. The average molecular weight is 464 g/mol. The fourth-order valence-electron chi connectivity index (χ4n) is 4.87. The van der Waals surface area contributed by atoms with E-state index < -0.39 is 41.3 Å². The number of nitrogens with zero attached hydrogens (tertiary/aromatic N) is 1. The number of fused-ring (bicyclic) bond motifs is 1. The zero-order valence-corrected chi connectivity index (χ0v) is 18.7. The smallest absolute Gasteiger partial charge is 0.190 e. The van der Waals surface area contributed by atoms with Gasteiger partial charge in [0.05, 0.1) is 12.7 Å². The van der Waals surface area contributed by atoms with Gasteiger partial charge in [-0.15, -0.1) is 0 Å². The quantitative estimate of drug-likeness (QED) is 0.496. The lowest BCUT2D eigenvalue weighted by molar-refractivity contribution is -0.0875. The number of hydrogen-bond donors (Lipinski definition) is 3. The highest BCUT2D eigenvalue weighted by molar-refractivity contribution is 5.32. The first kappa shape index (κ1) is 23.9. The van der Waals surface area contributed by atoms with Crippen LogP contribution in [0.25, 0.3) is 0 Å². The number of benzene rings is 2. The molecule has 4 rings (SSSR count). The monoisotopic (exact) mass is 463 g/mol. The predicted octanol–water partition coefficient (Wildman–Crippen LogP) is 3.05. The number of aliphatic hydroxyl groups excluding tert-OH is 2. The average Bonchev–Trinajstić information content (AvgIpc) is 3.21. The van der Waals surface area contributed by atoms with E-state index in [1.165, 1.54) is 0 Å². The van der Waals surface area contributed by atoms with Crippen molar-refractivity contribution < 1.29 is 33.6 Å². The Morgan fingerprint density at radius 2 is 1.88 bits per heavy atom. The Hall–Kier alpha value is -2.26. The maximum atomic E-state index is 14.4. The molecule has 0 radical (unpaired) electrons. The lowest BCUT2D eigenvalue weighted by Gasteiger charge is -2.29. The molecule has 0 amide bonds. The van der Waals surface area contributed by atoms with E-state index in [0.29, 0.717) is 25.1 Å². The standard InChI is InChI=1S/C25H31F2NO5/c1-2-3-9-32-23-19(26)10-16(11-20(23)27)21(29)14-28-13-17-12-22(24(30)25(17,31)15-28)33-18-7-5-4-6-8-18/h4-8,10-11,17,21-22,24,29-31H,2-3,9,12-15H2,1H3/t17-,21?,22+,24+,25-/m1/s1. The first-order chi connectivity index (χ1) is 15.8. The molecule has 8 heteroatoms. The molecule has 180 valence electrons. The van der Waals surface area contributed by atoms with E-state index in [4.69, 9.17) is 9.47 Å². The molecule has 0 bridgehead atoms. The summed E-state index contributed by atoms with van der Waals surface area (Å²) in [5.41, 5.74) is -1.27. The lowest BCUT2D eigenvalue weighted by atomic mass is 9.93. The molecule has 1 aliphatic carbocycles. The van der Waals surface area contributed by atoms with Gasteiger partial charge in [0, 0.05) is 25.6 Å². The van der Waals surface area contributed by atoms with Gasteiger partial charge in [0.1, 0.15) is 23.6 Å². The number of aliphatic hydroxyl groups is 3. The van der Waals surface area contributed by atoms with Gasteiger partial charge in [0.25, 0.3) is 0 Å². The summed E-state index contributed by atoms with van der Waals surface area (Å²) in [6.45, 7) is 2.81. The Bertz CT molecular complexity index is 923. The molecule has 1 saturated heterocycles. The number of para-hydroxylation sites is 1. The number of unbranched alkanes of at least 4 members (excludes halogenated alkanes) is 1. The summed E-state index contributed by atoms with van der Waals surface area (Å²) >= 11 is 0. The normalized spacial score (nSPS) is 28.0. The van der Waals surface area contributed by atoms with Crippen LogP contribution in [-0.4, -0.2) is 64.3 Å². The summed E-state index contributed by atoms with van der Waals surface area (Å²) in [4.78, 5) is 1.80. The van der Waals surface area contributed by atoms with Gasteiger partial charge in [-0.1, -0.05) is 31.5 Å². The van der Waals surface area contributed by atoms with Gasteiger partial charge in [-0.3, -0.25) is 4.90 Å². The maximum absolute atomic E-state index is 14.4. The third-order valence-electron chi connectivity index (χ3n) is 6.66. The number of β-amino-alcohol motifs (C(OH)–C–C–N with tert-alkyl or cyclic N) is 2. The van der Waals surface area contributed by atoms with E-state index in [0.717, 1.165) is 18.6 Å². The van der Waals surface area contributed by atoms with Crippen molar-refractivity contribution >= 4 is 0 Å². The van der Waals surface area contributed by atoms with Gasteiger partial charge in [-0.25, -0.2) is 8.78 Å². The minimum absolute atomic E-state index is 0.0741. The number of hydrogen-bond acceptors (Lipinski definition) is 6. The topological polar surface area (TPSA) is 82.4 Å². The molecule has 0 spiro atoms. The molecular formula is C25H31F2NO5. The van der Waals surface area contributed by atoms with E-state index in [1.807, 2.05) is 25.1 Å².